The highest BCUT2D eigenvalue weighted by atomic mass is 35.5. The Balaban J connectivity index is 1.66. The molecule has 8 heteroatoms. The highest BCUT2D eigenvalue weighted by Gasteiger charge is 2.09. The molecular formula is C16H21ClN4O3. The van der Waals surface area contributed by atoms with E-state index in [4.69, 9.17) is 21.1 Å². The van der Waals surface area contributed by atoms with E-state index in [1.54, 1.807) is 16.8 Å². The molecule has 1 heterocycles. The molecule has 130 valence electrons. The molecule has 0 unspecified atom stereocenters. The average Bonchev–Trinajstić information content (AvgIpc) is 3.00. The van der Waals surface area contributed by atoms with Gasteiger partial charge in [-0.2, -0.15) is 0 Å². The zero-order valence-electron chi connectivity index (χ0n) is 13.9. The highest BCUT2D eigenvalue weighted by Crippen LogP contribution is 2.21. The third-order valence-corrected chi connectivity index (χ3v) is 3.75. The van der Waals surface area contributed by atoms with Gasteiger partial charge < -0.3 is 9.47 Å². The molecule has 0 amide bonds. The van der Waals surface area contributed by atoms with Crippen molar-refractivity contribution in [3.05, 3.63) is 34.6 Å². The number of hydrogen-bond donors (Lipinski definition) is 0. The number of nitrogens with zero attached hydrogens (tertiary/aromatic N) is 4. The molecule has 2 aromatic rings. The first kappa shape index (κ1) is 18.2. The number of rotatable bonds is 9. The SMILES string of the molecule is CCCn1nnnc1COC(=O)CCCOc1ccc(Cl)c(C)c1. The molecule has 0 atom stereocenters. The van der Waals surface area contributed by atoms with Crippen molar-refractivity contribution in [2.75, 3.05) is 6.61 Å². The van der Waals surface area contributed by atoms with Crippen LogP contribution >= 0.6 is 11.6 Å². The van der Waals surface area contributed by atoms with E-state index in [0.29, 0.717) is 30.4 Å². The van der Waals surface area contributed by atoms with Gasteiger partial charge in [0.25, 0.3) is 0 Å². The van der Waals surface area contributed by atoms with Crippen LogP contribution in [-0.4, -0.2) is 32.8 Å². The predicted octanol–water partition coefficient (Wildman–Crippen LogP) is 2.95. The second-order valence-corrected chi connectivity index (χ2v) is 5.75. The van der Waals surface area contributed by atoms with E-state index in [-0.39, 0.29) is 19.0 Å². The molecule has 0 saturated heterocycles. The van der Waals surface area contributed by atoms with Crippen molar-refractivity contribution in [1.29, 1.82) is 0 Å². The number of hydrogen-bond acceptors (Lipinski definition) is 6. The van der Waals surface area contributed by atoms with Crippen molar-refractivity contribution in [2.45, 2.75) is 46.3 Å². The molecule has 1 aromatic heterocycles. The minimum atomic E-state index is -0.295. The van der Waals surface area contributed by atoms with Crippen molar-refractivity contribution in [3.8, 4) is 5.75 Å². The maximum Gasteiger partial charge on any atom is 0.306 e. The van der Waals surface area contributed by atoms with Gasteiger partial charge in [0.2, 0.25) is 0 Å². The Kier molecular flexibility index (Phi) is 6.99. The quantitative estimate of drug-likeness (QED) is 0.510. The summed E-state index contributed by atoms with van der Waals surface area (Å²) in [7, 11) is 0. The largest absolute Gasteiger partial charge is 0.494 e. The number of tetrazole rings is 1. The van der Waals surface area contributed by atoms with Gasteiger partial charge in [0.1, 0.15) is 5.75 Å². The van der Waals surface area contributed by atoms with Gasteiger partial charge in [-0.25, -0.2) is 4.68 Å². The van der Waals surface area contributed by atoms with Gasteiger partial charge in [-0.15, -0.1) is 5.10 Å². The van der Waals surface area contributed by atoms with E-state index in [1.807, 2.05) is 19.9 Å². The fourth-order valence-electron chi connectivity index (χ4n) is 2.04. The lowest BCUT2D eigenvalue weighted by molar-refractivity contribution is -0.145. The first-order valence-electron chi connectivity index (χ1n) is 7.89. The first-order valence-corrected chi connectivity index (χ1v) is 8.27. The van der Waals surface area contributed by atoms with Crippen molar-refractivity contribution >= 4 is 17.6 Å². The lowest BCUT2D eigenvalue weighted by Gasteiger charge is -2.08. The molecule has 0 saturated carbocycles. The third kappa shape index (κ3) is 5.49. The van der Waals surface area contributed by atoms with E-state index in [1.165, 1.54) is 0 Å². The number of aromatic nitrogens is 4. The molecule has 24 heavy (non-hydrogen) atoms. The lowest BCUT2D eigenvalue weighted by Crippen LogP contribution is -2.11. The molecule has 0 aliphatic rings. The Labute approximate surface area is 145 Å². The normalized spacial score (nSPS) is 10.6. The fourth-order valence-corrected chi connectivity index (χ4v) is 2.16. The topological polar surface area (TPSA) is 79.1 Å². The van der Waals surface area contributed by atoms with Crippen LogP contribution in [0.1, 0.15) is 37.6 Å². The molecule has 0 bridgehead atoms. The third-order valence-electron chi connectivity index (χ3n) is 3.33. The summed E-state index contributed by atoms with van der Waals surface area (Å²) in [6.45, 7) is 5.17. The summed E-state index contributed by atoms with van der Waals surface area (Å²) in [6, 6.07) is 5.47. The lowest BCUT2D eigenvalue weighted by atomic mass is 10.2. The van der Waals surface area contributed by atoms with Crippen molar-refractivity contribution in [1.82, 2.24) is 20.2 Å². The minimum absolute atomic E-state index is 0.0864. The van der Waals surface area contributed by atoms with Gasteiger partial charge in [0, 0.05) is 18.0 Å². The summed E-state index contributed by atoms with van der Waals surface area (Å²) in [6.07, 6.45) is 1.76. The van der Waals surface area contributed by atoms with Crippen molar-refractivity contribution in [3.63, 3.8) is 0 Å². The number of carbonyl (C=O) groups excluding carboxylic acids is 1. The molecule has 0 fully saturated rings. The summed E-state index contributed by atoms with van der Waals surface area (Å²) in [5.74, 6) is 0.999. The number of ether oxygens (including phenoxy) is 2. The highest BCUT2D eigenvalue weighted by molar-refractivity contribution is 6.31. The predicted molar refractivity (Wildman–Crippen MR) is 88.8 cm³/mol. The van der Waals surface area contributed by atoms with Crippen LogP contribution in [0, 0.1) is 6.92 Å². The van der Waals surface area contributed by atoms with Crippen LogP contribution in [0.4, 0.5) is 0 Å². The van der Waals surface area contributed by atoms with Gasteiger partial charge in [0.05, 0.1) is 6.61 Å². The Morgan fingerprint density at radius 2 is 2.21 bits per heavy atom. The van der Waals surface area contributed by atoms with Gasteiger partial charge in [-0.3, -0.25) is 4.79 Å². The molecule has 7 nitrogen and oxygen atoms in total. The number of benzene rings is 1. The average molecular weight is 353 g/mol. The minimum Gasteiger partial charge on any atom is -0.494 e. The maximum absolute atomic E-state index is 11.7. The molecule has 1 aromatic carbocycles. The van der Waals surface area contributed by atoms with E-state index >= 15 is 0 Å². The van der Waals surface area contributed by atoms with Crippen LogP contribution in [0.25, 0.3) is 0 Å². The molecule has 0 N–H and O–H groups in total. The molecule has 0 radical (unpaired) electrons. The van der Waals surface area contributed by atoms with E-state index in [0.717, 1.165) is 17.7 Å². The Morgan fingerprint density at radius 1 is 1.38 bits per heavy atom. The summed E-state index contributed by atoms with van der Waals surface area (Å²) < 4.78 is 12.4. The molecule has 0 spiro atoms. The molecule has 2 rings (SSSR count). The number of esters is 1. The number of aryl methyl sites for hydroxylation is 2. The summed E-state index contributed by atoms with van der Waals surface area (Å²) in [4.78, 5) is 11.7. The maximum atomic E-state index is 11.7. The second kappa shape index (κ2) is 9.22. The molecular weight excluding hydrogens is 332 g/mol. The van der Waals surface area contributed by atoms with Gasteiger partial charge >= 0.3 is 5.97 Å². The zero-order valence-corrected chi connectivity index (χ0v) is 14.6. The first-order chi connectivity index (χ1) is 11.6. The zero-order chi connectivity index (χ0) is 17.4. The van der Waals surface area contributed by atoms with E-state index in [2.05, 4.69) is 15.5 Å². The van der Waals surface area contributed by atoms with Crippen LogP contribution in [0.2, 0.25) is 5.02 Å². The van der Waals surface area contributed by atoms with Crippen molar-refractivity contribution in [2.24, 2.45) is 0 Å². The van der Waals surface area contributed by atoms with E-state index < -0.39 is 0 Å². The van der Waals surface area contributed by atoms with E-state index in [9.17, 15) is 4.79 Å². The number of halogens is 1. The Hall–Kier alpha value is -2.15. The standard InChI is InChI=1S/C16H21ClN4O3/c1-3-8-21-15(18-19-20-21)11-24-16(22)5-4-9-23-13-6-7-14(17)12(2)10-13/h6-7,10H,3-5,8-9,11H2,1-2H3. The summed E-state index contributed by atoms with van der Waals surface area (Å²) >= 11 is 5.96. The summed E-state index contributed by atoms with van der Waals surface area (Å²) in [5.41, 5.74) is 0.957. The number of carbonyl (C=O) groups is 1. The van der Waals surface area contributed by atoms with Crippen LogP contribution < -0.4 is 4.74 Å². The van der Waals surface area contributed by atoms with Crippen LogP contribution in [0.3, 0.4) is 0 Å². The molecule has 0 aliphatic heterocycles. The fraction of sp³-hybridized carbons (Fsp3) is 0.500. The summed E-state index contributed by atoms with van der Waals surface area (Å²) in [5, 5.41) is 12.0. The second-order valence-electron chi connectivity index (χ2n) is 5.34. The van der Waals surface area contributed by atoms with Gasteiger partial charge in [-0.05, 0) is 54.0 Å². The Bertz CT molecular complexity index is 675. The van der Waals surface area contributed by atoms with Crippen LogP contribution in [0.5, 0.6) is 5.75 Å². The van der Waals surface area contributed by atoms with Gasteiger partial charge in [0.15, 0.2) is 12.4 Å². The molecule has 0 aliphatic carbocycles. The van der Waals surface area contributed by atoms with Gasteiger partial charge in [-0.1, -0.05) is 18.5 Å². The van der Waals surface area contributed by atoms with Crippen molar-refractivity contribution < 1.29 is 14.3 Å². The van der Waals surface area contributed by atoms with Crippen LogP contribution in [-0.2, 0) is 22.7 Å². The Morgan fingerprint density at radius 3 is 2.96 bits per heavy atom. The van der Waals surface area contributed by atoms with Crippen LogP contribution in [0.15, 0.2) is 18.2 Å². The monoisotopic (exact) mass is 352 g/mol. The smallest absolute Gasteiger partial charge is 0.306 e.